The molecule has 1 aliphatic carbocycles. The molecule has 0 unspecified atom stereocenters. The first-order valence-electron chi connectivity index (χ1n) is 9.78. The lowest BCUT2D eigenvalue weighted by Gasteiger charge is -2.05. The summed E-state index contributed by atoms with van der Waals surface area (Å²) in [6.45, 7) is 8.31. The summed E-state index contributed by atoms with van der Waals surface area (Å²) in [6, 6.07) is 0.105. The van der Waals surface area contributed by atoms with Gasteiger partial charge < -0.3 is 10.3 Å². The first-order valence-corrected chi connectivity index (χ1v) is 10.6. The third kappa shape index (κ3) is 2.89. The lowest BCUT2D eigenvalue weighted by molar-refractivity contribution is 0.386. The molecule has 4 heterocycles. The number of fused-ring (bicyclic) bond motifs is 1. The number of hydrogen-bond acceptors (Lipinski definition) is 9. The largest absolute Gasteiger partial charge is 0.383 e. The summed E-state index contributed by atoms with van der Waals surface area (Å²) >= 11 is 1.57. The van der Waals surface area contributed by atoms with Crippen molar-refractivity contribution >= 4 is 28.2 Å². The average Bonchev–Trinajstić information content (AvgIpc) is 3.10. The van der Waals surface area contributed by atoms with Gasteiger partial charge in [0.25, 0.3) is 0 Å². The van der Waals surface area contributed by atoms with Crippen LogP contribution in [0, 0.1) is 0 Å². The Morgan fingerprint density at radius 3 is 2.59 bits per heavy atom. The third-order valence-electron chi connectivity index (χ3n) is 5.05. The van der Waals surface area contributed by atoms with Crippen molar-refractivity contribution in [2.45, 2.75) is 58.4 Å². The van der Waals surface area contributed by atoms with Crippen molar-refractivity contribution in [3.63, 3.8) is 0 Å². The van der Waals surface area contributed by atoms with Gasteiger partial charge in [-0.15, -0.1) is 10.2 Å². The van der Waals surface area contributed by atoms with Crippen LogP contribution in [0.3, 0.4) is 0 Å². The molecular formula is C19H22N8OS. The first kappa shape index (κ1) is 18.2. The van der Waals surface area contributed by atoms with Crippen molar-refractivity contribution in [1.82, 2.24) is 35.1 Å². The van der Waals surface area contributed by atoms with Crippen LogP contribution in [0.4, 0.5) is 5.82 Å². The van der Waals surface area contributed by atoms with E-state index in [0.717, 1.165) is 34.2 Å². The van der Waals surface area contributed by atoms with Crippen LogP contribution in [0.1, 0.15) is 69.2 Å². The van der Waals surface area contributed by atoms with Crippen LogP contribution in [-0.2, 0) is 0 Å². The highest BCUT2D eigenvalue weighted by Gasteiger charge is 2.36. The number of anilines is 1. The molecule has 29 heavy (non-hydrogen) atoms. The standard InChI is InChI=1S/C19H22N8OS/c1-8(2)18-23-24-19(29-18)11-14(26-28-15(11)10-5-6-10)13-12-16(20)21-7-22-17(12)27(25-13)9(3)4/h7-10H,5-6H2,1-4H3,(H2,20,21,22). The van der Waals surface area contributed by atoms with Crippen LogP contribution in [0.25, 0.3) is 33.0 Å². The summed E-state index contributed by atoms with van der Waals surface area (Å²) in [4.78, 5) is 8.60. The molecule has 2 N–H and O–H groups in total. The van der Waals surface area contributed by atoms with Gasteiger partial charge in [0.05, 0.1) is 10.9 Å². The van der Waals surface area contributed by atoms with E-state index in [1.807, 2.05) is 18.5 Å². The minimum absolute atomic E-state index is 0.105. The Labute approximate surface area is 171 Å². The van der Waals surface area contributed by atoms with Crippen LogP contribution in [0.2, 0.25) is 0 Å². The highest BCUT2D eigenvalue weighted by atomic mass is 32.1. The van der Waals surface area contributed by atoms with E-state index in [4.69, 9.17) is 15.4 Å². The van der Waals surface area contributed by atoms with Crippen LogP contribution in [-0.4, -0.2) is 35.1 Å². The van der Waals surface area contributed by atoms with Crippen molar-refractivity contribution in [3.05, 3.63) is 17.1 Å². The molecule has 1 aliphatic rings. The Kier molecular flexibility index (Phi) is 4.12. The molecule has 1 fully saturated rings. The number of rotatable bonds is 5. The highest BCUT2D eigenvalue weighted by Crippen LogP contribution is 2.49. The smallest absolute Gasteiger partial charge is 0.164 e. The van der Waals surface area contributed by atoms with Crippen LogP contribution >= 0.6 is 11.3 Å². The van der Waals surface area contributed by atoms with Gasteiger partial charge in [0.15, 0.2) is 16.4 Å². The Balaban J connectivity index is 1.77. The second-order valence-corrected chi connectivity index (χ2v) is 9.00. The Morgan fingerprint density at radius 1 is 1.14 bits per heavy atom. The van der Waals surface area contributed by atoms with Gasteiger partial charge in [0.2, 0.25) is 0 Å². The summed E-state index contributed by atoms with van der Waals surface area (Å²) in [5, 5.41) is 20.5. The van der Waals surface area contributed by atoms with Gasteiger partial charge in [-0.3, -0.25) is 0 Å². The maximum atomic E-state index is 6.23. The first-order chi connectivity index (χ1) is 14.0. The second kappa shape index (κ2) is 6.58. The molecular weight excluding hydrogens is 388 g/mol. The minimum Gasteiger partial charge on any atom is -0.383 e. The molecule has 0 aliphatic heterocycles. The van der Waals surface area contributed by atoms with Gasteiger partial charge in [-0.05, 0) is 26.7 Å². The fourth-order valence-corrected chi connectivity index (χ4v) is 4.28. The van der Waals surface area contributed by atoms with Crippen molar-refractivity contribution in [3.8, 4) is 22.0 Å². The van der Waals surface area contributed by atoms with E-state index in [2.05, 4.69) is 39.2 Å². The summed E-state index contributed by atoms with van der Waals surface area (Å²) in [6.07, 6.45) is 3.63. The van der Waals surface area contributed by atoms with Gasteiger partial charge in [0.1, 0.15) is 28.5 Å². The van der Waals surface area contributed by atoms with E-state index in [0.29, 0.717) is 40.1 Å². The fourth-order valence-electron chi connectivity index (χ4n) is 3.39. The van der Waals surface area contributed by atoms with Crippen LogP contribution in [0.15, 0.2) is 10.9 Å². The molecule has 0 saturated heterocycles. The molecule has 5 rings (SSSR count). The lowest BCUT2D eigenvalue weighted by Crippen LogP contribution is -2.04. The zero-order valence-electron chi connectivity index (χ0n) is 16.7. The zero-order valence-corrected chi connectivity index (χ0v) is 17.6. The molecule has 0 aromatic carbocycles. The van der Waals surface area contributed by atoms with E-state index in [9.17, 15) is 0 Å². The SMILES string of the molecule is CC(C)c1nnc(-c2c(-c3nn(C(C)C)c4ncnc(N)c34)noc2C2CC2)s1. The maximum absolute atomic E-state index is 6.23. The van der Waals surface area contributed by atoms with E-state index < -0.39 is 0 Å². The van der Waals surface area contributed by atoms with Gasteiger partial charge in [-0.25, -0.2) is 14.6 Å². The van der Waals surface area contributed by atoms with Gasteiger partial charge in [0, 0.05) is 17.9 Å². The number of nitrogen functional groups attached to an aromatic ring is 1. The third-order valence-corrected chi connectivity index (χ3v) is 6.29. The topological polar surface area (TPSA) is 121 Å². The molecule has 0 bridgehead atoms. The molecule has 0 radical (unpaired) electrons. The van der Waals surface area contributed by atoms with Gasteiger partial charge in [-0.2, -0.15) is 5.10 Å². The number of hydrogen-bond donors (Lipinski definition) is 1. The predicted octanol–water partition coefficient (Wildman–Crippen LogP) is 4.16. The molecule has 9 nitrogen and oxygen atoms in total. The van der Waals surface area contributed by atoms with Crippen molar-refractivity contribution in [2.24, 2.45) is 0 Å². The zero-order chi connectivity index (χ0) is 20.3. The summed E-state index contributed by atoms with van der Waals surface area (Å²) in [7, 11) is 0. The number of nitrogens with two attached hydrogens (primary N) is 1. The van der Waals surface area contributed by atoms with Crippen molar-refractivity contribution in [1.29, 1.82) is 0 Å². The molecule has 10 heteroatoms. The summed E-state index contributed by atoms with van der Waals surface area (Å²) in [5.41, 5.74) is 9.04. The normalized spacial score (nSPS) is 14.6. The van der Waals surface area contributed by atoms with Crippen LogP contribution in [0.5, 0.6) is 0 Å². The van der Waals surface area contributed by atoms with E-state index in [1.54, 1.807) is 11.3 Å². The molecule has 0 amide bonds. The lowest BCUT2D eigenvalue weighted by atomic mass is 10.1. The minimum atomic E-state index is 0.105. The van der Waals surface area contributed by atoms with Crippen molar-refractivity contribution in [2.75, 3.05) is 5.73 Å². The van der Waals surface area contributed by atoms with Gasteiger partial charge in [-0.1, -0.05) is 30.3 Å². The fraction of sp³-hybridized carbons (Fsp3) is 0.474. The highest BCUT2D eigenvalue weighted by molar-refractivity contribution is 7.14. The van der Waals surface area contributed by atoms with E-state index >= 15 is 0 Å². The summed E-state index contributed by atoms with van der Waals surface area (Å²) < 4.78 is 7.66. The van der Waals surface area contributed by atoms with Crippen LogP contribution < -0.4 is 5.73 Å². The molecule has 150 valence electrons. The Hall–Kier alpha value is -2.88. The van der Waals surface area contributed by atoms with Crippen molar-refractivity contribution < 1.29 is 4.52 Å². The molecule has 4 aromatic heterocycles. The Bertz CT molecular complexity index is 1200. The molecule has 1 saturated carbocycles. The van der Waals surface area contributed by atoms with E-state index in [1.165, 1.54) is 6.33 Å². The quantitative estimate of drug-likeness (QED) is 0.520. The average molecular weight is 411 g/mol. The monoisotopic (exact) mass is 410 g/mol. The van der Waals surface area contributed by atoms with Gasteiger partial charge >= 0.3 is 0 Å². The molecule has 0 atom stereocenters. The predicted molar refractivity (Wildman–Crippen MR) is 111 cm³/mol. The van der Waals surface area contributed by atoms with E-state index in [-0.39, 0.29) is 6.04 Å². The number of aromatic nitrogens is 7. The number of nitrogens with zero attached hydrogens (tertiary/aromatic N) is 7. The molecule has 0 spiro atoms. The Morgan fingerprint density at radius 2 is 1.93 bits per heavy atom. The second-order valence-electron chi connectivity index (χ2n) is 7.99. The maximum Gasteiger partial charge on any atom is 0.164 e. The molecule has 4 aromatic rings. The summed E-state index contributed by atoms with van der Waals surface area (Å²) in [5.74, 6) is 1.90.